The minimum Gasteiger partial charge on any atom is -0.478 e. The van der Waals surface area contributed by atoms with E-state index in [1.54, 1.807) is 60.7 Å². The molecule has 3 amide bonds. The van der Waals surface area contributed by atoms with E-state index >= 15 is 0 Å². The molecule has 1 saturated heterocycles. The second-order valence-corrected chi connectivity index (χ2v) is 11.3. The molecule has 0 saturated carbocycles. The van der Waals surface area contributed by atoms with Crippen molar-refractivity contribution >= 4 is 46.3 Å². The maximum atomic E-state index is 12.7. The molecule has 15 nitrogen and oxygen atoms in total. The van der Waals surface area contributed by atoms with E-state index in [-0.39, 0.29) is 11.5 Å². The highest BCUT2D eigenvalue weighted by atomic mass is 16.5. The van der Waals surface area contributed by atoms with Crippen LogP contribution in [0.25, 0.3) is 28.2 Å². The highest BCUT2D eigenvalue weighted by Crippen LogP contribution is 2.29. The van der Waals surface area contributed by atoms with Gasteiger partial charge in [-0.1, -0.05) is 11.3 Å². The van der Waals surface area contributed by atoms with Crippen molar-refractivity contribution in [1.82, 2.24) is 35.2 Å². The summed E-state index contributed by atoms with van der Waals surface area (Å²) in [6.45, 7) is 3.56. The zero-order valence-corrected chi connectivity index (χ0v) is 26.4. The number of anilines is 3. The molecule has 3 aromatic carbocycles. The monoisotopic (exact) mass is 650 g/mol. The van der Waals surface area contributed by atoms with Gasteiger partial charge in [0.05, 0.1) is 24.5 Å². The molecule has 0 spiro atoms. The van der Waals surface area contributed by atoms with E-state index in [4.69, 9.17) is 14.7 Å². The standard InChI is InChI=1S/C33H34N10O5/c1-41(2)15-14-34-31(44)22-8-12-25(13-9-22)36-33(47)35-24-10-6-21(7-11-24)28-37-29(42-16-18-48-19-17-42)27-30(38-28)43(40-39-27)26-5-3-4-23(20-26)32(45)46/h3-13,20H,14-19H2,1-2H3,(H,34,44)(H,45,46)(H2,35,36,47). The lowest BCUT2D eigenvalue weighted by molar-refractivity contribution is 0.0696. The van der Waals surface area contributed by atoms with Crippen LogP contribution in [-0.4, -0.2) is 106 Å². The lowest BCUT2D eigenvalue weighted by Crippen LogP contribution is -2.37. The number of carboxylic acids is 1. The van der Waals surface area contributed by atoms with Crippen LogP contribution in [0.1, 0.15) is 20.7 Å². The number of aromatic carboxylic acids is 1. The molecule has 0 bridgehead atoms. The molecule has 1 aliphatic heterocycles. The van der Waals surface area contributed by atoms with Crippen molar-refractivity contribution < 1.29 is 24.2 Å². The minimum absolute atomic E-state index is 0.113. The average Bonchev–Trinajstić information content (AvgIpc) is 3.53. The maximum Gasteiger partial charge on any atom is 0.335 e. The molecule has 3 heterocycles. The number of carbonyl (C=O) groups is 3. The van der Waals surface area contributed by atoms with Gasteiger partial charge in [-0.25, -0.2) is 19.6 Å². The van der Waals surface area contributed by atoms with Crippen molar-refractivity contribution in [3.63, 3.8) is 0 Å². The van der Waals surface area contributed by atoms with E-state index in [0.29, 0.717) is 83.8 Å². The Hall–Kier alpha value is -5.93. The number of hydrogen-bond donors (Lipinski definition) is 4. The molecular weight excluding hydrogens is 616 g/mol. The smallest absolute Gasteiger partial charge is 0.335 e. The molecule has 1 aliphatic rings. The van der Waals surface area contributed by atoms with Crippen LogP contribution in [0, 0.1) is 0 Å². The Balaban J connectivity index is 1.19. The summed E-state index contributed by atoms with van der Waals surface area (Å²) < 4.78 is 7.04. The molecule has 15 heteroatoms. The third-order valence-electron chi connectivity index (χ3n) is 7.58. The first-order chi connectivity index (χ1) is 23.2. The normalized spacial score (nSPS) is 13.0. The lowest BCUT2D eigenvalue weighted by atomic mass is 10.2. The Bertz CT molecular complexity index is 1940. The van der Waals surface area contributed by atoms with Crippen molar-refractivity contribution in [2.24, 2.45) is 0 Å². The summed E-state index contributed by atoms with van der Waals surface area (Å²) in [5, 5.41) is 26.6. The molecular formula is C33H34N10O5. The summed E-state index contributed by atoms with van der Waals surface area (Å²) in [5.74, 6) is -0.232. The number of amides is 3. The fraction of sp³-hybridized carbons (Fsp3) is 0.242. The van der Waals surface area contributed by atoms with Gasteiger partial charge in [-0.05, 0) is 80.8 Å². The van der Waals surface area contributed by atoms with Crippen LogP contribution < -0.4 is 20.9 Å². The molecule has 5 aromatic rings. The van der Waals surface area contributed by atoms with Crippen LogP contribution >= 0.6 is 0 Å². The zero-order valence-electron chi connectivity index (χ0n) is 26.4. The number of carboxylic acid groups (broad SMARTS) is 1. The number of carbonyl (C=O) groups excluding carboxylic acids is 2. The average molecular weight is 651 g/mol. The Kier molecular flexibility index (Phi) is 9.50. The van der Waals surface area contributed by atoms with Crippen LogP contribution in [-0.2, 0) is 4.74 Å². The number of fused-ring (bicyclic) bond motifs is 1. The Labute approximate surface area is 275 Å². The Morgan fingerprint density at radius 2 is 1.58 bits per heavy atom. The van der Waals surface area contributed by atoms with Gasteiger partial charge in [0.15, 0.2) is 22.8 Å². The van der Waals surface area contributed by atoms with Crippen LogP contribution in [0.5, 0.6) is 0 Å². The van der Waals surface area contributed by atoms with Gasteiger partial charge in [-0.15, -0.1) is 5.10 Å². The number of ether oxygens (including phenoxy) is 1. The summed E-state index contributed by atoms with van der Waals surface area (Å²) in [6.07, 6.45) is 0. The number of nitrogens with zero attached hydrogens (tertiary/aromatic N) is 7. The Morgan fingerprint density at radius 3 is 2.25 bits per heavy atom. The van der Waals surface area contributed by atoms with Crippen molar-refractivity contribution in [2.75, 3.05) is 69.0 Å². The van der Waals surface area contributed by atoms with Crippen LogP contribution in [0.3, 0.4) is 0 Å². The summed E-state index contributed by atoms with van der Waals surface area (Å²) >= 11 is 0. The first-order valence-electron chi connectivity index (χ1n) is 15.3. The van der Waals surface area contributed by atoms with Gasteiger partial charge in [0.2, 0.25) is 0 Å². The maximum absolute atomic E-state index is 12.7. The molecule has 0 radical (unpaired) electrons. The fourth-order valence-electron chi connectivity index (χ4n) is 5.07. The number of likely N-dealkylation sites (N-methyl/N-ethyl adjacent to an activating group) is 1. The molecule has 0 unspecified atom stereocenters. The van der Waals surface area contributed by atoms with Crippen molar-refractivity contribution in [1.29, 1.82) is 0 Å². The molecule has 0 aliphatic carbocycles. The van der Waals surface area contributed by atoms with Gasteiger partial charge < -0.3 is 35.6 Å². The van der Waals surface area contributed by atoms with Crippen LogP contribution in [0.4, 0.5) is 22.0 Å². The topological polar surface area (TPSA) is 180 Å². The largest absolute Gasteiger partial charge is 0.478 e. The first-order valence-corrected chi connectivity index (χ1v) is 15.3. The summed E-state index contributed by atoms with van der Waals surface area (Å²) in [4.78, 5) is 50.4. The molecule has 1 fully saturated rings. The van der Waals surface area contributed by atoms with Gasteiger partial charge in [0.25, 0.3) is 5.91 Å². The minimum atomic E-state index is -1.05. The van der Waals surface area contributed by atoms with Crippen LogP contribution in [0.2, 0.25) is 0 Å². The van der Waals surface area contributed by atoms with E-state index in [1.807, 2.05) is 19.0 Å². The van der Waals surface area contributed by atoms with E-state index < -0.39 is 12.0 Å². The van der Waals surface area contributed by atoms with Gasteiger partial charge in [0, 0.05) is 48.7 Å². The molecule has 48 heavy (non-hydrogen) atoms. The molecule has 0 atom stereocenters. The van der Waals surface area contributed by atoms with Gasteiger partial charge in [0.1, 0.15) is 0 Å². The first kappa shape index (κ1) is 32.0. The van der Waals surface area contributed by atoms with E-state index in [9.17, 15) is 19.5 Å². The Morgan fingerprint density at radius 1 is 0.896 bits per heavy atom. The summed E-state index contributed by atoms with van der Waals surface area (Å²) in [5.41, 5.74) is 3.77. The van der Waals surface area contributed by atoms with Gasteiger partial charge in [-0.2, -0.15) is 4.68 Å². The van der Waals surface area contributed by atoms with Gasteiger partial charge in [-0.3, -0.25) is 4.79 Å². The third-order valence-corrected chi connectivity index (χ3v) is 7.58. The number of benzene rings is 3. The molecule has 2 aromatic heterocycles. The second kappa shape index (κ2) is 14.2. The van der Waals surface area contributed by atoms with E-state index in [1.165, 1.54) is 16.8 Å². The number of aromatic nitrogens is 5. The predicted octanol–water partition coefficient (Wildman–Crippen LogP) is 3.35. The fourth-order valence-corrected chi connectivity index (χ4v) is 5.07. The van der Waals surface area contributed by atoms with E-state index in [0.717, 1.165) is 6.54 Å². The number of rotatable bonds is 10. The van der Waals surface area contributed by atoms with Crippen molar-refractivity contribution in [3.8, 4) is 17.1 Å². The summed E-state index contributed by atoms with van der Waals surface area (Å²) in [6, 6.07) is 19.7. The quantitative estimate of drug-likeness (QED) is 0.174. The summed E-state index contributed by atoms with van der Waals surface area (Å²) in [7, 11) is 3.87. The van der Waals surface area contributed by atoms with Crippen molar-refractivity contribution in [2.45, 2.75) is 0 Å². The van der Waals surface area contributed by atoms with E-state index in [2.05, 4.69) is 31.2 Å². The predicted molar refractivity (Wildman–Crippen MR) is 180 cm³/mol. The number of morpholine rings is 1. The van der Waals surface area contributed by atoms with Crippen LogP contribution in [0.15, 0.2) is 72.8 Å². The number of hydrogen-bond acceptors (Lipinski definition) is 10. The second-order valence-electron chi connectivity index (χ2n) is 11.3. The highest BCUT2D eigenvalue weighted by Gasteiger charge is 2.23. The number of urea groups is 1. The SMILES string of the molecule is CN(C)CCNC(=O)c1ccc(NC(=O)Nc2ccc(-c3nc(N4CCOCC4)c4nnn(-c5cccc(C(=O)O)c5)c4n3)cc2)cc1. The molecule has 6 rings (SSSR count). The van der Waals surface area contributed by atoms with Crippen molar-refractivity contribution in [3.05, 3.63) is 83.9 Å². The lowest BCUT2D eigenvalue weighted by Gasteiger charge is -2.28. The zero-order chi connectivity index (χ0) is 33.6. The third kappa shape index (κ3) is 7.37. The molecule has 4 N–H and O–H groups in total. The highest BCUT2D eigenvalue weighted by molar-refractivity contribution is 6.00. The molecule has 246 valence electrons. The number of nitrogens with one attached hydrogen (secondary N) is 3. The van der Waals surface area contributed by atoms with Gasteiger partial charge >= 0.3 is 12.0 Å².